The van der Waals surface area contributed by atoms with E-state index in [1.807, 2.05) is 7.05 Å². The van der Waals surface area contributed by atoms with Crippen molar-refractivity contribution in [2.24, 2.45) is 0 Å². The molecule has 0 heterocycles. The van der Waals surface area contributed by atoms with Gasteiger partial charge in [0, 0.05) is 6.54 Å². The SMILES string of the molecule is CNCc1ccc(S(=O)(=O)Nc2ccccc2Cl)cc1. The van der Waals surface area contributed by atoms with Crippen molar-refractivity contribution in [2.45, 2.75) is 11.4 Å². The molecule has 20 heavy (non-hydrogen) atoms. The normalized spacial score (nSPS) is 11.3. The van der Waals surface area contributed by atoms with Gasteiger partial charge < -0.3 is 5.32 Å². The fourth-order valence-corrected chi connectivity index (χ4v) is 3.06. The zero-order chi connectivity index (χ0) is 14.6. The second-order valence-corrected chi connectivity index (χ2v) is 6.35. The van der Waals surface area contributed by atoms with Gasteiger partial charge in [-0.05, 0) is 36.9 Å². The molecule has 0 aliphatic rings. The first kappa shape index (κ1) is 14.8. The zero-order valence-corrected chi connectivity index (χ0v) is 12.5. The molecule has 0 aliphatic heterocycles. The maximum Gasteiger partial charge on any atom is 0.261 e. The third-order valence-corrected chi connectivity index (χ3v) is 4.44. The summed E-state index contributed by atoms with van der Waals surface area (Å²) in [5.41, 5.74) is 1.39. The molecular formula is C14H15ClN2O2S. The van der Waals surface area contributed by atoms with E-state index in [0.717, 1.165) is 5.56 Å². The lowest BCUT2D eigenvalue weighted by Crippen LogP contribution is -2.13. The van der Waals surface area contributed by atoms with Gasteiger partial charge >= 0.3 is 0 Å². The molecule has 2 aromatic carbocycles. The first-order chi connectivity index (χ1) is 9.53. The largest absolute Gasteiger partial charge is 0.316 e. The molecule has 106 valence electrons. The quantitative estimate of drug-likeness (QED) is 0.893. The van der Waals surface area contributed by atoms with E-state index in [9.17, 15) is 8.42 Å². The molecule has 0 bridgehead atoms. The first-order valence-corrected chi connectivity index (χ1v) is 7.90. The van der Waals surface area contributed by atoms with E-state index in [1.165, 1.54) is 0 Å². The highest BCUT2D eigenvalue weighted by molar-refractivity contribution is 7.92. The van der Waals surface area contributed by atoms with Gasteiger partial charge in [0.25, 0.3) is 10.0 Å². The van der Waals surface area contributed by atoms with Crippen molar-refractivity contribution >= 4 is 27.3 Å². The van der Waals surface area contributed by atoms with E-state index in [-0.39, 0.29) is 4.90 Å². The highest BCUT2D eigenvalue weighted by Crippen LogP contribution is 2.24. The predicted octanol–water partition coefficient (Wildman–Crippen LogP) is 2.86. The molecule has 2 aromatic rings. The monoisotopic (exact) mass is 310 g/mol. The Hall–Kier alpha value is -1.56. The zero-order valence-electron chi connectivity index (χ0n) is 10.9. The van der Waals surface area contributed by atoms with Gasteiger partial charge in [-0.1, -0.05) is 35.9 Å². The highest BCUT2D eigenvalue weighted by Gasteiger charge is 2.15. The fourth-order valence-electron chi connectivity index (χ4n) is 1.74. The highest BCUT2D eigenvalue weighted by atomic mass is 35.5. The van der Waals surface area contributed by atoms with Gasteiger partial charge in [-0.2, -0.15) is 0 Å². The molecule has 2 rings (SSSR count). The number of hydrogen-bond acceptors (Lipinski definition) is 3. The number of halogens is 1. The van der Waals surface area contributed by atoms with Crippen LogP contribution in [0.1, 0.15) is 5.56 Å². The van der Waals surface area contributed by atoms with Crippen LogP contribution in [0.25, 0.3) is 0 Å². The van der Waals surface area contributed by atoms with Crippen LogP contribution in [0, 0.1) is 0 Å². The Labute approximate surface area is 123 Å². The summed E-state index contributed by atoms with van der Waals surface area (Å²) in [6.45, 7) is 0.693. The van der Waals surface area contributed by atoms with Gasteiger partial charge in [0.05, 0.1) is 15.6 Å². The van der Waals surface area contributed by atoms with E-state index >= 15 is 0 Å². The second kappa shape index (κ2) is 6.26. The summed E-state index contributed by atoms with van der Waals surface area (Å²) in [6.07, 6.45) is 0. The van der Waals surface area contributed by atoms with Crippen molar-refractivity contribution in [3.8, 4) is 0 Å². The number of hydrogen-bond donors (Lipinski definition) is 2. The van der Waals surface area contributed by atoms with Gasteiger partial charge in [0.1, 0.15) is 0 Å². The minimum atomic E-state index is -3.62. The molecule has 4 nitrogen and oxygen atoms in total. The van der Waals surface area contributed by atoms with Crippen molar-refractivity contribution in [2.75, 3.05) is 11.8 Å². The van der Waals surface area contributed by atoms with Crippen LogP contribution in [-0.4, -0.2) is 15.5 Å². The maximum atomic E-state index is 12.2. The Morgan fingerprint density at radius 2 is 1.70 bits per heavy atom. The summed E-state index contributed by atoms with van der Waals surface area (Å²) in [7, 11) is -1.79. The van der Waals surface area contributed by atoms with Crippen LogP contribution in [-0.2, 0) is 16.6 Å². The topological polar surface area (TPSA) is 58.2 Å². The number of benzene rings is 2. The molecule has 0 aliphatic carbocycles. The lowest BCUT2D eigenvalue weighted by Gasteiger charge is -2.10. The molecule has 0 aromatic heterocycles. The van der Waals surface area contributed by atoms with Crippen molar-refractivity contribution in [1.29, 1.82) is 0 Å². The van der Waals surface area contributed by atoms with Crippen molar-refractivity contribution in [1.82, 2.24) is 5.32 Å². The van der Waals surface area contributed by atoms with Gasteiger partial charge in [0.2, 0.25) is 0 Å². The minimum absolute atomic E-state index is 0.206. The van der Waals surface area contributed by atoms with E-state index in [1.54, 1.807) is 48.5 Å². The minimum Gasteiger partial charge on any atom is -0.316 e. The standard InChI is InChI=1S/C14H15ClN2O2S/c1-16-10-11-6-8-12(9-7-11)20(18,19)17-14-5-3-2-4-13(14)15/h2-9,16-17H,10H2,1H3. The second-order valence-electron chi connectivity index (χ2n) is 4.26. The predicted molar refractivity (Wildman–Crippen MR) is 81.5 cm³/mol. The van der Waals surface area contributed by atoms with Crippen LogP contribution in [0.3, 0.4) is 0 Å². The average molecular weight is 311 g/mol. The summed E-state index contributed by atoms with van der Waals surface area (Å²) in [4.78, 5) is 0.206. The number of sulfonamides is 1. The molecule has 6 heteroatoms. The molecule has 2 N–H and O–H groups in total. The average Bonchev–Trinajstić information content (AvgIpc) is 2.42. The lowest BCUT2D eigenvalue weighted by molar-refractivity contribution is 0.601. The fraction of sp³-hybridized carbons (Fsp3) is 0.143. The van der Waals surface area contributed by atoms with Crippen LogP contribution >= 0.6 is 11.6 Å². The number of anilines is 1. The summed E-state index contributed by atoms with van der Waals surface area (Å²) in [5, 5.41) is 3.37. The van der Waals surface area contributed by atoms with Crippen LogP contribution in [0.2, 0.25) is 5.02 Å². The van der Waals surface area contributed by atoms with Gasteiger partial charge in [-0.15, -0.1) is 0 Å². The molecule has 0 atom stereocenters. The maximum absolute atomic E-state index is 12.2. The number of nitrogens with one attached hydrogen (secondary N) is 2. The molecule has 0 spiro atoms. The molecule has 0 fully saturated rings. The Morgan fingerprint density at radius 3 is 2.30 bits per heavy atom. The van der Waals surface area contributed by atoms with E-state index < -0.39 is 10.0 Å². The number of rotatable bonds is 5. The summed E-state index contributed by atoms with van der Waals surface area (Å²) >= 11 is 5.95. The Bertz CT molecular complexity index is 685. The Morgan fingerprint density at radius 1 is 1.05 bits per heavy atom. The summed E-state index contributed by atoms with van der Waals surface area (Å²) in [6, 6.07) is 13.4. The van der Waals surface area contributed by atoms with Crippen LogP contribution in [0.15, 0.2) is 53.4 Å². The summed E-state index contributed by atoms with van der Waals surface area (Å²) < 4.78 is 27.0. The van der Waals surface area contributed by atoms with Crippen molar-refractivity contribution in [3.05, 3.63) is 59.1 Å². The number of para-hydroxylation sites is 1. The van der Waals surface area contributed by atoms with Gasteiger partial charge in [-0.3, -0.25) is 4.72 Å². The van der Waals surface area contributed by atoms with E-state index in [2.05, 4.69) is 10.0 Å². The summed E-state index contributed by atoms with van der Waals surface area (Å²) in [5.74, 6) is 0. The van der Waals surface area contributed by atoms with Crippen LogP contribution in [0.4, 0.5) is 5.69 Å². The smallest absolute Gasteiger partial charge is 0.261 e. The van der Waals surface area contributed by atoms with Crippen molar-refractivity contribution in [3.63, 3.8) is 0 Å². The van der Waals surface area contributed by atoms with E-state index in [0.29, 0.717) is 17.3 Å². The van der Waals surface area contributed by atoms with E-state index in [4.69, 9.17) is 11.6 Å². The van der Waals surface area contributed by atoms with Gasteiger partial charge in [0.15, 0.2) is 0 Å². The first-order valence-electron chi connectivity index (χ1n) is 6.04. The molecule has 0 amide bonds. The Kier molecular flexibility index (Phi) is 4.65. The third-order valence-electron chi connectivity index (χ3n) is 2.73. The van der Waals surface area contributed by atoms with Crippen LogP contribution in [0.5, 0.6) is 0 Å². The van der Waals surface area contributed by atoms with Crippen molar-refractivity contribution < 1.29 is 8.42 Å². The molecule has 0 saturated heterocycles. The van der Waals surface area contributed by atoms with Crippen LogP contribution < -0.4 is 10.0 Å². The molecule has 0 saturated carbocycles. The molecule has 0 radical (unpaired) electrons. The lowest BCUT2D eigenvalue weighted by atomic mass is 10.2. The Balaban J connectivity index is 2.24. The van der Waals surface area contributed by atoms with Gasteiger partial charge in [-0.25, -0.2) is 8.42 Å². The molecule has 0 unspecified atom stereocenters. The third kappa shape index (κ3) is 3.50. The molecular weight excluding hydrogens is 296 g/mol.